The molecule has 150 valence electrons. The van der Waals surface area contributed by atoms with Gasteiger partial charge in [0, 0.05) is 17.9 Å². The number of carbonyl (C=O) groups is 1. The zero-order chi connectivity index (χ0) is 19.5. The first-order chi connectivity index (χ1) is 13.4. The predicted molar refractivity (Wildman–Crippen MR) is 116 cm³/mol. The minimum Gasteiger partial charge on any atom is -0.300 e. The van der Waals surface area contributed by atoms with Gasteiger partial charge in [0.1, 0.15) is 5.78 Å². The van der Waals surface area contributed by atoms with Crippen LogP contribution in [0.5, 0.6) is 0 Å². The Morgan fingerprint density at radius 1 is 1.00 bits per heavy atom. The summed E-state index contributed by atoms with van der Waals surface area (Å²) < 4.78 is 0. The van der Waals surface area contributed by atoms with E-state index in [0.29, 0.717) is 22.5 Å². The molecule has 0 aromatic heterocycles. The summed E-state index contributed by atoms with van der Waals surface area (Å²) in [6.07, 6.45) is 13.2. The number of allylic oxidation sites excluding steroid dienone is 1. The first-order valence-corrected chi connectivity index (χ1v) is 11.7. The van der Waals surface area contributed by atoms with E-state index in [9.17, 15) is 4.79 Å². The van der Waals surface area contributed by atoms with Gasteiger partial charge in [-0.05, 0) is 97.1 Å². The van der Waals surface area contributed by atoms with Crippen LogP contribution in [0, 0.1) is 34.5 Å². The Bertz CT molecular complexity index is 808. The largest absolute Gasteiger partial charge is 0.300 e. The van der Waals surface area contributed by atoms with Crippen LogP contribution in [-0.2, 0) is 4.79 Å². The van der Waals surface area contributed by atoms with Gasteiger partial charge in [0.2, 0.25) is 0 Å². The normalized spacial score (nSPS) is 44.1. The highest BCUT2D eigenvalue weighted by Gasteiger charge is 2.58. The van der Waals surface area contributed by atoms with Gasteiger partial charge in [0.25, 0.3) is 0 Å². The van der Waals surface area contributed by atoms with Crippen LogP contribution in [0.3, 0.4) is 0 Å². The molecule has 1 aromatic carbocycles. The Labute approximate surface area is 174 Å². The van der Waals surface area contributed by atoms with Crippen LogP contribution in [0.2, 0.25) is 5.02 Å². The number of benzene rings is 1. The van der Waals surface area contributed by atoms with Crippen molar-refractivity contribution in [2.45, 2.75) is 71.6 Å². The van der Waals surface area contributed by atoms with Crippen molar-refractivity contribution >= 4 is 23.5 Å². The van der Waals surface area contributed by atoms with E-state index in [1.165, 1.54) is 44.1 Å². The summed E-state index contributed by atoms with van der Waals surface area (Å²) in [5, 5.41) is 0.813. The van der Waals surface area contributed by atoms with Crippen LogP contribution >= 0.6 is 11.6 Å². The van der Waals surface area contributed by atoms with Crippen molar-refractivity contribution < 1.29 is 4.79 Å². The predicted octanol–water partition coefficient (Wildman–Crippen LogP) is 7.34. The van der Waals surface area contributed by atoms with Crippen LogP contribution in [0.15, 0.2) is 29.8 Å². The molecule has 1 nitrogen and oxygen atoms in total. The third-order valence-corrected chi connectivity index (χ3v) is 9.61. The molecule has 0 heterocycles. The van der Waals surface area contributed by atoms with Crippen LogP contribution in [0.25, 0.3) is 6.08 Å². The molecule has 0 amide bonds. The van der Waals surface area contributed by atoms with Crippen molar-refractivity contribution in [2.24, 2.45) is 34.5 Å². The molecule has 28 heavy (non-hydrogen) atoms. The van der Waals surface area contributed by atoms with Gasteiger partial charge in [-0.3, -0.25) is 4.79 Å². The average Bonchev–Trinajstić information content (AvgIpc) is 3.00. The van der Waals surface area contributed by atoms with Crippen molar-refractivity contribution in [3.63, 3.8) is 0 Å². The van der Waals surface area contributed by atoms with Crippen molar-refractivity contribution in [3.8, 4) is 0 Å². The number of fused-ring (bicyclic) bond motifs is 5. The first-order valence-electron chi connectivity index (χ1n) is 11.3. The lowest BCUT2D eigenvalue weighted by Crippen LogP contribution is -2.52. The first kappa shape index (κ1) is 18.9. The molecule has 4 aliphatic carbocycles. The fraction of sp³-hybridized carbons (Fsp3) is 0.654. The molecule has 4 fully saturated rings. The van der Waals surface area contributed by atoms with Gasteiger partial charge >= 0.3 is 0 Å². The average molecular weight is 397 g/mol. The van der Waals surface area contributed by atoms with Gasteiger partial charge in [-0.25, -0.2) is 0 Å². The number of halogens is 1. The number of Topliss-reactive ketones (excluding diaryl/α,β-unsaturated/α-hetero) is 1. The molecule has 0 saturated heterocycles. The second-order valence-corrected chi connectivity index (χ2v) is 11.3. The number of rotatable bonds is 1. The molecule has 2 heteroatoms. The Kier molecular flexibility index (Phi) is 4.54. The Balaban J connectivity index is 1.40. The topological polar surface area (TPSA) is 17.1 Å². The number of ketones is 1. The van der Waals surface area contributed by atoms with E-state index in [-0.39, 0.29) is 0 Å². The maximum Gasteiger partial charge on any atom is 0.133 e. The molecule has 0 spiro atoms. The quantitative estimate of drug-likeness (QED) is 0.485. The molecular formula is C26H33ClO. The van der Waals surface area contributed by atoms with Crippen LogP contribution < -0.4 is 0 Å². The van der Waals surface area contributed by atoms with E-state index >= 15 is 0 Å². The highest BCUT2D eigenvalue weighted by atomic mass is 35.5. The van der Waals surface area contributed by atoms with Crippen molar-refractivity contribution in [1.82, 2.24) is 0 Å². The van der Waals surface area contributed by atoms with Gasteiger partial charge < -0.3 is 0 Å². The van der Waals surface area contributed by atoms with Gasteiger partial charge in [0.15, 0.2) is 0 Å². The van der Waals surface area contributed by atoms with Gasteiger partial charge in [-0.2, -0.15) is 0 Å². The molecule has 4 saturated carbocycles. The van der Waals surface area contributed by atoms with Crippen LogP contribution in [-0.4, -0.2) is 5.78 Å². The molecule has 6 atom stereocenters. The molecule has 0 N–H and O–H groups in total. The van der Waals surface area contributed by atoms with Crippen molar-refractivity contribution in [1.29, 1.82) is 0 Å². The van der Waals surface area contributed by atoms with Crippen molar-refractivity contribution in [2.75, 3.05) is 0 Å². The standard InChI is InChI=1S/C26H33ClO/c1-25-11-10-23-22(8-5-19-15-21(28)9-12-26(19,23)2)24(25)14-18(16-25)13-17-3-6-20(27)7-4-17/h3-4,6-7,13,19,22-24H,5,8-12,14-16H2,1-2H3/t19?,22-,23-,24+,25-,26+/m1/s1. The molecule has 1 unspecified atom stereocenters. The molecule has 0 bridgehead atoms. The molecule has 0 aliphatic heterocycles. The van der Waals surface area contributed by atoms with Gasteiger partial charge in [0.05, 0.1) is 0 Å². The zero-order valence-electron chi connectivity index (χ0n) is 17.3. The molecule has 1 aromatic rings. The highest BCUT2D eigenvalue weighted by molar-refractivity contribution is 6.30. The molecule has 5 rings (SSSR count). The monoisotopic (exact) mass is 396 g/mol. The zero-order valence-corrected chi connectivity index (χ0v) is 18.1. The van der Waals surface area contributed by atoms with Crippen molar-refractivity contribution in [3.05, 3.63) is 40.4 Å². The maximum absolute atomic E-state index is 12.1. The van der Waals surface area contributed by atoms with E-state index in [1.54, 1.807) is 5.57 Å². The summed E-state index contributed by atoms with van der Waals surface area (Å²) in [4.78, 5) is 12.1. The van der Waals surface area contributed by atoms with E-state index in [2.05, 4.69) is 32.1 Å². The third kappa shape index (κ3) is 3.00. The van der Waals surface area contributed by atoms with E-state index < -0.39 is 0 Å². The Morgan fingerprint density at radius 2 is 1.79 bits per heavy atom. The van der Waals surface area contributed by atoms with Crippen LogP contribution in [0.1, 0.15) is 77.2 Å². The fourth-order valence-electron chi connectivity index (χ4n) is 7.83. The van der Waals surface area contributed by atoms with E-state index in [4.69, 9.17) is 11.6 Å². The fourth-order valence-corrected chi connectivity index (χ4v) is 7.96. The highest BCUT2D eigenvalue weighted by Crippen LogP contribution is 2.66. The summed E-state index contributed by atoms with van der Waals surface area (Å²) in [7, 11) is 0. The lowest BCUT2D eigenvalue weighted by atomic mass is 9.45. The Morgan fingerprint density at radius 3 is 2.57 bits per heavy atom. The number of hydrogen-bond acceptors (Lipinski definition) is 1. The van der Waals surface area contributed by atoms with E-state index in [1.807, 2.05) is 12.1 Å². The smallest absolute Gasteiger partial charge is 0.133 e. The molecular weight excluding hydrogens is 364 g/mol. The van der Waals surface area contributed by atoms with Gasteiger partial charge in [-0.1, -0.05) is 49.2 Å². The van der Waals surface area contributed by atoms with E-state index in [0.717, 1.165) is 42.0 Å². The summed E-state index contributed by atoms with van der Waals surface area (Å²) in [6.45, 7) is 5.11. The second kappa shape index (κ2) is 6.73. The van der Waals surface area contributed by atoms with Crippen LogP contribution in [0.4, 0.5) is 0 Å². The van der Waals surface area contributed by atoms with Gasteiger partial charge in [-0.15, -0.1) is 0 Å². The minimum atomic E-state index is 0.417. The minimum absolute atomic E-state index is 0.417. The summed E-state index contributed by atoms with van der Waals surface area (Å²) in [5.74, 6) is 3.72. The summed E-state index contributed by atoms with van der Waals surface area (Å²) in [5.41, 5.74) is 3.83. The third-order valence-electron chi connectivity index (χ3n) is 9.35. The molecule has 0 radical (unpaired) electrons. The second-order valence-electron chi connectivity index (χ2n) is 10.8. The molecule has 4 aliphatic rings. The number of carbonyl (C=O) groups excluding carboxylic acids is 1. The Hall–Kier alpha value is -1.08. The lowest BCUT2D eigenvalue weighted by molar-refractivity contribution is -0.137. The SMILES string of the molecule is C[C@]12CC[C@@H]3[C@@H](CCC4CC(=O)CC[C@@]43C)[C@@H]1CC(=Cc1ccc(Cl)cc1)C2. The summed E-state index contributed by atoms with van der Waals surface area (Å²) in [6, 6.07) is 8.29. The maximum atomic E-state index is 12.1. The lowest BCUT2D eigenvalue weighted by Gasteiger charge is -2.59. The number of hydrogen-bond donors (Lipinski definition) is 0. The summed E-state index contributed by atoms with van der Waals surface area (Å²) >= 11 is 6.06.